The Bertz CT molecular complexity index is 552. The Kier molecular flexibility index (Phi) is 4.85. The molecule has 0 saturated heterocycles. The highest BCUT2D eigenvalue weighted by Crippen LogP contribution is 2.12. The summed E-state index contributed by atoms with van der Waals surface area (Å²) in [7, 11) is 0. The molecule has 1 aromatic carbocycles. The second-order valence-electron chi connectivity index (χ2n) is 4.62. The lowest BCUT2D eigenvalue weighted by Crippen LogP contribution is -2.41. The number of benzene rings is 1. The summed E-state index contributed by atoms with van der Waals surface area (Å²) < 4.78 is 7.40. The van der Waals surface area contributed by atoms with Gasteiger partial charge in [0.15, 0.2) is 24.7 Å². The summed E-state index contributed by atoms with van der Waals surface area (Å²) in [6.07, 6.45) is 3.20. The van der Waals surface area contributed by atoms with Crippen LogP contribution in [0.25, 0.3) is 0 Å². The lowest BCUT2D eigenvalue weighted by atomic mass is 10.1. The van der Waals surface area contributed by atoms with E-state index in [1.54, 1.807) is 24.3 Å². The highest BCUT2D eigenvalue weighted by atomic mass is 16.5. The van der Waals surface area contributed by atoms with Gasteiger partial charge in [0.25, 0.3) is 0 Å². The molecule has 0 bridgehead atoms. The summed E-state index contributed by atoms with van der Waals surface area (Å²) in [5, 5.41) is 9.91. The third-order valence-corrected chi connectivity index (χ3v) is 2.90. The van der Waals surface area contributed by atoms with E-state index >= 15 is 0 Å². The van der Waals surface area contributed by atoms with Crippen molar-refractivity contribution in [1.29, 1.82) is 0 Å². The first-order valence-electron chi connectivity index (χ1n) is 6.51. The number of pyridine rings is 1. The van der Waals surface area contributed by atoms with E-state index in [9.17, 15) is 9.90 Å². The van der Waals surface area contributed by atoms with Crippen LogP contribution in [0.2, 0.25) is 0 Å². The monoisotopic (exact) mass is 272 g/mol. The number of aliphatic hydroxyl groups is 1. The third kappa shape index (κ3) is 4.17. The lowest BCUT2D eigenvalue weighted by Gasteiger charge is -2.10. The fourth-order valence-corrected chi connectivity index (χ4v) is 1.83. The number of aromatic nitrogens is 1. The van der Waals surface area contributed by atoms with Crippen LogP contribution in [0.1, 0.15) is 17.3 Å². The van der Waals surface area contributed by atoms with Gasteiger partial charge in [-0.1, -0.05) is 6.07 Å². The van der Waals surface area contributed by atoms with Gasteiger partial charge in [0.1, 0.15) is 18.5 Å². The fraction of sp³-hybridized carbons (Fsp3) is 0.250. The minimum absolute atomic E-state index is 0.0251. The largest absolute Gasteiger partial charge is 0.491 e. The Balaban J connectivity index is 1.84. The number of ketones is 1. The van der Waals surface area contributed by atoms with Gasteiger partial charge < -0.3 is 9.84 Å². The molecule has 0 saturated carbocycles. The SMILES string of the molecule is CC(=O)c1ccc(OCC(O)C[n+]2ccccc2)cc1. The number of nitrogens with zero attached hydrogens (tertiary/aromatic N) is 1. The minimum Gasteiger partial charge on any atom is -0.491 e. The van der Waals surface area contributed by atoms with Crippen molar-refractivity contribution < 1.29 is 19.2 Å². The number of rotatable bonds is 6. The quantitative estimate of drug-likeness (QED) is 0.642. The zero-order valence-corrected chi connectivity index (χ0v) is 11.4. The summed E-state index contributed by atoms with van der Waals surface area (Å²) >= 11 is 0. The Labute approximate surface area is 118 Å². The van der Waals surface area contributed by atoms with Crippen molar-refractivity contribution in [3.05, 3.63) is 60.4 Å². The predicted octanol–water partition coefficient (Wildman–Crippen LogP) is 1.62. The van der Waals surface area contributed by atoms with Crippen LogP contribution in [0.15, 0.2) is 54.9 Å². The normalized spacial score (nSPS) is 11.9. The molecule has 1 atom stereocenters. The molecule has 104 valence electrons. The number of ether oxygens (including phenoxy) is 1. The minimum atomic E-state index is -0.588. The maximum absolute atomic E-state index is 11.1. The molecule has 0 aliphatic rings. The van der Waals surface area contributed by atoms with E-state index in [1.165, 1.54) is 6.92 Å². The second kappa shape index (κ2) is 6.82. The molecule has 1 N–H and O–H groups in total. The molecule has 0 radical (unpaired) electrons. The predicted molar refractivity (Wildman–Crippen MR) is 74.6 cm³/mol. The number of Topliss-reactive ketones (excluding diaryl/α,β-unsaturated/α-hetero) is 1. The van der Waals surface area contributed by atoms with Crippen molar-refractivity contribution in [3.63, 3.8) is 0 Å². The van der Waals surface area contributed by atoms with Crippen molar-refractivity contribution in [2.45, 2.75) is 19.6 Å². The van der Waals surface area contributed by atoms with E-state index in [0.29, 0.717) is 17.9 Å². The number of hydrogen-bond acceptors (Lipinski definition) is 3. The molecule has 2 rings (SSSR count). The first-order chi connectivity index (χ1) is 9.65. The van der Waals surface area contributed by atoms with Gasteiger partial charge in [0.2, 0.25) is 0 Å². The summed E-state index contributed by atoms with van der Waals surface area (Å²) in [5.41, 5.74) is 0.651. The zero-order valence-electron chi connectivity index (χ0n) is 11.4. The van der Waals surface area contributed by atoms with Crippen LogP contribution in [-0.4, -0.2) is 23.6 Å². The van der Waals surface area contributed by atoms with Gasteiger partial charge in [-0.15, -0.1) is 0 Å². The molecule has 1 heterocycles. The average Bonchev–Trinajstić information content (AvgIpc) is 2.46. The maximum Gasteiger partial charge on any atom is 0.177 e. The van der Waals surface area contributed by atoms with Crippen molar-refractivity contribution >= 4 is 5.78 Å². The van der Waals surface area contributed by atoms with Gasteiger partial charge in [0.05, 0.1) is 0 Å². The van der Waals surface area contributed by atoms with Gasteiger partial charge in [-0.3, -0.25) is 4.79 Å². The van der Waals surface area contributed by atoms with Crippen LogP contribution in [0.5, 0.6) is 5.75 Å². The standard InChI is InChI=1S/C16H18NO3/c1-13(18)14-5-7-16(8-6-14)20-12-15(19)11-17-9-3-2-4-10-17/h2-10,15,19H,11-12H2,1H3/q+1. The Morgan fingerprint density at radius 1 is 1.20 bits per heavy atom. The van der Waals surface area contributed by atoms with Crippen LogP contribution in [-0.2, 0) is 6.54 Å². The van der Waals surface area contributed by atoms with Crippen LogP contribution in [0.3, 0.4) is 0 Å². The van der Waals surface area contributed by atoms with Crippen LogP contribution in [0.4, 0.5) is 0 Å². The highest BCUT2D eigenvalue weighted by molar-refractivity contribution is 5.94. The van der Waals surface area contributed by atoms with Gasteiger partial charge in [-0.2, -0.15) is 0 Å². The molecule has 0 spiro atoms. The molecule has 20 heavy (non-hydrogen) atoms. The molecule has 0 aliphatic heterocycles. The van der Waals surface area contributed by atoms with Crippen molar-refractivity contribution in [1.82, 2.24) is 0 Å². The van der Waals surface area contributed by atoms with Crippen molar-refractivity contribution in [3.8, 4) is 5.75 Å². The van der Waals surface area contributed by atoms with E-state index in [4.69, 9.17) is 4.74 Å². The molecule has 0 amide bonds. The average molecular weight is 272 g/mol. The number of carbonyl (C=O) groups excluding carboxylic acids is 1. The zero-order chi connectivity index (χ0) is 14.4. The molecule has 2 aromatic rings. The first kappa shape index (κ1) is 14.2. The summed E-state index contributed by atoms with van der Waals surface area (Å²) in [5.74, 6) is 0.671. The van der Waals surface area contributed by atoms with Crippen LogP contribution >= 0.6 is 0 Å². The molecule has 4 nitrogen and oxygen atoms in total. The Morgan fingerprint density at radius 3 is 2.45 bits per heavy atom. The Morgan fingerprint density at radius 2 is 1.85 bits per heavy atom. The topological polar surface area (TPSA) is 50.4 Å². The summed E-state index contributed by atoms with van der Waals surface area (Å²) in [6, 6.07) is 12.7. The van der Waals surface area contributed by atoms with E-state index in [0.717, 1.165) is 0 Å². The van der Waals surface area contributed by atoms with Crippen LogP contribution < -0.4 is 9.30 Å². The van der Waals surface area contributed by atoms with Gasteiger partial charge in [0, 0.05) is 17.7 Å². The first-order valence-corrected chi connectivity index (χ1v) is 6.51. The second-order valence-corrected chi connectivity index (χ2v) is 4.62. The number of aliphatic hydroxyl groups excluding tert-OH is 1. The van der Waals surface area contributed by atoms with Gasteiger partial charge in [-0.25, -0.2) is 4.57 Å². The van der Waals surface area contributed by atoms with E-state index in [-0.39, 0.29) is 12.4 Å². The van der Waals surface area contributed by atoms with Crippen LogP contribution in [0, 0.1) is 0 Å². The van der Waals surface area contributed by atoms with Crippen molar-refractivity contribution in [2.75, 3.05) is 6.61 Å². The molecule has 1 aromatic heterocycles. The van der Waals surface area contributed by atoms with E-state index in [2.05, 4.69) is 0 Å². The van der Waals surface area contributed by atoms with Gasteiger partial charge in [-0.05, 0) is 31.2 Å². The summed E-state index contributed by atoms with van der Waals surface area (Å²) in [6.45, 7) is 2.21. The molecule has 0 fully saturated rings. The molecule has 1 unspecified atom stereocenters. The lowest BCUT2D eigenvalue weighted by molar-refractivity contribution is -0.703. The molecular formula is C16H18NO3+. The maximum atomic E-state index is 11.1. The number of hydrogen-bond donors (Lipinski definition) is 1. The van der Waals surface area contributed by atoms with Crippen molar-refractivity contribution in [2.24, 2.45) is 0 Å². The van der Waals surface area contributed by atoms with E-state index < -0.39 is 6.10 Å². The molecular weight excluding hydrogens is 254 g/mol. The highest BCUT2D eigenvalue weighted by Gasteiger charge is 2.11. The van der Waals surface area contributed by atoms with E-state index in [1.807, 2.05) is 35.2 Å². The third-order valence-electron chi connectivity index (χ3n) is 2.90. The van der Waals surface area contributed by atoms with Gasteiger partial charge >= 0.3 is 0 Å². The molecule has 0 aliphatic carbocycles. The smallest absolute Gasteiger partial charge is 0.177 e. The summed E-state index contributed by atoms with van der Waals surface area (Å²) in [4.78, 5) is 11.1. The number of carbonyl (C=O) groups is 1. The fourth-order valence-electron chi connectivity index (χ4n) is 1.83. The Hall–Kier alpha value is -2.20. The molecule has 4 heteroatoms.